The number of benzene rings is 1. The Kier molecular flexibility index (Phi) is 6.65. The van der Waals surface area contributed by atoms with Crippen LogP contribution >= 0.6 is 0 Å². The summed E-state index contributed by atoms with van der Waals surface area (Å²) >= 11 is 0. The molecule has 0 spiro atoms. The van der Waals surface area contributed by atoms with Crippen LogP contribution in [0.4, 0.5) is 4.79 Å². The van der Waals surface area contributed by atoms with Crippen molar-refractivity contribution in [3.8, 4) is 0 Å². The fourth-order valence-electron chi connectivity index (χ4n) is 3.44. The minimum Gasteiger partial charge on any atom is -0.311 e. The lowest BCUT2D eigenvalue weighted by molar-refractivity contribution is -0.163. The molecule has 0 aliphatic carbocycles. The summed E-state index contributed by atoms with van der Waals surface area (Å²) in [6, 6.07) is 8.84. The molecule has 1 N–H and O–H groups in total. The number of nitrogens with one attached hydrogen (secondary N) is 1. The lowest BCUT2D eigenvalue weighted by Crippen LogP contribution is -2.59. The molecule has 27 heavy (non-hydrogen) atoms. The van der Waals surface area contributed by atoms with Gasteiger partial charge in [-0.15, -0.1) is 0 Å². The molecule has 2 atom stereocenters. The number of carbonyl (C=O) groups excluding carboxylic acids is 2. The third kappa shape index (κ3) is 4.97. The van der Waals surface area contributed by atoms with Gasteiger partial charge in [0.05, 0.1) is 12.6 Å². The molecule has 0 radical (unpaired) electrons. The summed E-state index contributed by atoms with van der Waals surface area (Å²) in [5.41, 5.74) is 3.54. The first-order chi connectivity index (χ1) is 13.1. The Balaban J connectivity index is 1.51. The highest BCUT2D eigenvalue weighted by atomic mass is 16.7. The van der Waals surface area contributed by atoms with Crippen molar-refractivity contribution < 1.29 is 19.3 Å². The van der Waals surface area contributed by atoms with Gasteiger partial charge in [0.1, 0.15) is 12.6 Å². The monoisotopic (exact) mass is 376 g/mol. The molecule has 2 heterocycles. The Bertz CT molecular complexity index is 642. The molecule has 8 heteroatoms. The van der Waals surface area contributed by atoms with Crippen molar-refractivity contribution in [1.29, 1.82) is 0 Å². The minimum atomic E-state index is -0.543. The van der Waals surface area contributed by atoms with Gasteiger partial charge in [-0.3, -0.25) is 14.5 Å². The highest BCUT2D eigenvalue weighted by Gasteiger charge is 2.37. The fourth-order valence-corrected chi connectivity index (χ4v) is 3.44. The molecule has 2 aliphatic heterocycles. The second-order valence-corrected chi connectivity index (χ2v) is 6.99. The zero-order valence-electron chi connectivity index (χ0n) is 16.0. The Morgan fingerprint density at radius 2 is 2.00 bits per heavy atom. The van der Waals surface area contributed by atoms with E-state index in [-0.39, 0.29) is 18.0 Å². The van der Waals surface area contributed by atoms with Crippen molar-refractivity contribution in [3.05, 3.63) is 35.9 Å². The topological polar surface area (TPSA) is 74.3 Å². The number of likely N-dealkylation sites (N-methyl/N-ethyl adjacent to an activating group) is 2. The number of likely N-dealkylation sites (tertiary alicyclic amines) is 1. The standard InChI is InChI=1S/C19H28N4O4/c1-3-22-17(18(24)20-27-16-9-11-21(2)13-16)10-12-23(19(22)25)26-14-15-7-5-4-6-8-15/h4-8,16-17H,3,9-14H2,1-2H3,(H,20,24)/t16-,17-/m0/s1. The van der Waals surface area contributed by atoms with Crippen LogP contribution < -0.4 is 5.48 Å². The fraction of sp³-hybridized carbons (Fsp3) is 0.579. The first-order valence-corrected chi connectivity index (χ1v) is 9.47. The average Bonchev–Trinajstić information content (AvgIpc) is 3.11. The SMILES string of the molecule is CCN1C(=O)N(OCc2ccccc2)CC[C@H]1C(=O)NO[C@H]1CCN(C)C1. The third-order valence-corrected chi connectivity index (χ3v) is 4.99. The number of nitrogens with zero attached hydrogens (tertiary/aromatic N) is 3. The number of hydrogen-bond acceptors (Lipinski definition) is 5. The van der Waals surface area contributed by atoms with Crippen LogP contribution in [0.15, 0.2) is 30.3 Å². The second-order valence-electron chi connectivity index (χ2n) is 6.99. The van der Waals surface area contributed by atoms with E-state index >= 15 is 0 Å². The predicted octanol–water partition coefficient (Wildman–Crippen LogP) is 1.39. The van der Waals surface area contributed by atoms with Gasteiger partial charge in [0.2, 0.25) is 0 Å². The Labute approximate surface area is 159 Å². The van der Waals surface area contributed by atoms with E-state index in [1.54, 1.807) is 0 Å². The largest absolute Gasteiger partial charge is 0.344 e. The Hall–Kier alpha value is -2.16. The smallest absolute Gasteiger partial charge is 0.311 e. The van der Waals surface area contributed by atoms with Crippen molar-refractivity contribution in [2.24, 2.45) is 0 Å². The Morgan fingerprint density at radius 1 is 1.22 bits per heavy atom. The minimum absolute atomic E-state index is 0.000905. The number of hydrogen-bond donors (Lipinski definition) is 1. The molecule has 0 bridgehead atoms. The van der Waals surface area contributed by atoms with Gasteiger partial charge in [-0.25, -0.2) is 15.3 Å². The molecule has 0 aromatic heterocycles. The van der Waals surface area contributed by atoms with Crippen molar-refractivity contribution in [2.75, 3.05) is 33.2 Å². The zero-order chi connectivity index (χ0) is 19.2. The molecule has 0 unspecified atom stereocenters. The summed E-state index contributed by atoms with van der Waals surface area (Å²) in [7, 11) is 2.02. The van der Waals surface area contributed by atoms with Gasteiger partial charge in [-0.1, -0.05) is 30.3 Å². The third-order valence-electron chi connectivity index (χ3n) is 4.99. The molecule has 2 fully saturated rings. The van der Waals surface area contributed by atoms with Crippen LogP contribution in [-0.2, 0) is 21.1 Å². The molecule has 1 aromatic carbocycles. The number of rotatable bonds is 7. The number of hydroxylamine groups is 3. The van der Waals surface area contributed by atoms with Crippen molar-refractivity contribution in [3.63, 3.8) is 0 Å². The molecular formula is C19H28N4O4. The van der Waals surface area contributed by atoms with Gasteiger partial charge >= 0.3 is 6.03 Å². The lowest BCUT2D eigenvalue weighted by Gasteiger charge is -2.39. The maximum Gasteiger partial charge on any atom is 0.344 e. The van der Waals surface area contributed by atoms with Gasteiger partial charge in [0.25, 0.3) is 5.91 Å². The summed E-state index contributed by atoms with van der Waals surface area (Å²) in [4.78, 5) is 40.1. The molecular weight excluding hydrogens is 348 g/mol. The summed E-state index contributed by atoms with van der Waals surface area (Å²) < 4.78 is 0. The molecule has 3 amide bonds. The molecule has 2 saturated heterocycles. The quantitative estimate of drug-likeness (QED) is 0.728. The van der Waals surface area contributed by atoms with E-state index in [0.717, 1.165) is 25.1 Å². The van der Waals surface area contributed by atoms with E-state index in [2.05, 4.69) is 10.4 Å². The molecule has 2 aliphatic rings. The van der Waals surface area contributed by atoms with Crippen LogP contribution in [0, 0.1) is 0 Å². The zero-order valence-corrected chi connectivity index (χ0v) is 16.0. The van der Waals surface area contributed by atoms with Crippen LogP contribution in [0.2, 0.25) is 0 Å². The van der Waals surface area contributed by atoms with E-state index in [1.807, 2.05) is 44.3 Å². The van der Waals surface area contributed by atoms with Crippen LogP contribution in [-0.4, -0.2) is 72.2 Å². The molecule has 148 valence electrons. The van der Waals surface area contributed by atoms with E-state index in [9.17, 15) is 9.59 Å². The van der Waals surface area contributed by atoms with Gasteiger partial charge in [0.15, 0.2) is 0 Å². The number of urea groups is 1. The van der Waals surface area contributed by atoms with Crippen molar-refractivity contribution in [1.82, 2.24) is 20.3 Å². The Morgan fingerprint density at radius 3 is 2.67 bits per heavy atom. The van der Waals surface area contributed by atoms with E-state index in [0.29, 0.717) is 26.1 Å². The van der Waals surface area contributed by atoms with E-state index in [4.69, 9.17) is 9.68 Å². The van der Waals surface area contributed by atoms with Crippen molar-refractivity contribution >= 4 is 11.9 Å². The maximum absolute atomic E-state index is 12.7. The van der Waals surface area contributed by atoms with E-state index in [1.165, 1.54) is 9.96 Å². The van der Waals surface area contributed by atoms with Crippen LogP contribution in [0.5, 0.6) is 0 Å². The van der Waals surface area contributed by atoms with E-state index < -0.39 is 6.04 Å². The maximum atomic E-state index is 12.7. The lowest BCUT2D eigenvalue weighted by atomic mass is 10.1. The van der Waals surface area contributed by atoms with Crippen LogP contribution in [0.25, 0.3) is 0 Å². The summed E-state index contributed by atoms with van der Waals surface area (Å²) in [6.45, 7) is 4.71. The predicted molar refractivity (Wildman–Crippen MR) is 99.2 cm³/mol. The highest BCUT2D eigenvalue weighted by Crippen LogP contribution is 2.18. The van der Waals surface area contributed by atoms with Gasteiger partial charge in [-0.2, -0.15) is 0 Å². The summed E-state index contributed by atoms with van der Waals surface area (Å²) in [6.07, 6.45) is 1.38. The molecule has 0 saturated carbocycles. The van der Waals surface area contributed by atoms with Crippen LogP contribution in [0.1, 0.15) is 25.3 Å². The second kappa shape index (κ2) is 9.16. The van der Waals surface area contributed by atoms with Gasteiger partial charge < -0.3 is 9.80 Å². The van der Waals surface area contributed by atoms with Gasteiger partial charge in [0, 0.05) is 19.6 Å². The number of amides is 3. The van der Waals surface area contributed by atoms with Crippen LogP contribution in [0.3, 0.4) is 0 Å². The summed E-state index contributed by atoms with van der Waals surface area (Å²) in [5, 5.41) is 1.34. The molecule has 1 aromatic rings. The molecule has 8 nitrogen and oxygen atoms in total. The summed E-state index contributed by atoms with van der Waals surface area (Å²) in [5.74, 6) is -0.275. The van der Waals surface area contributed by atoms with Gasteiger partial charge in [-0.05, 0) is 32.4 Å². The highest BCUT2D eigenvalue weighted by molar-refractivity contribution is 5.87. The first kappa shape index (κ1) is 19.6. The normalized spacial score (nSPS) is 23.7. The number of carbonyl (C=O) groups is 2. The first-order valence-electron chi connectivity index (χ1n) is 9.47. The van der Waals surface area contributed by atoms with Crippen molar-refractivity contribution in [2.45, 2.75) is 38.5 Å². The average molecular weight is 376 g/mol. The molecule has 3 rings (SSSR count).